The van der Waals surface area contributed by atoms with Gasteiger partial charge in [0.1, 0.15) is 5.60 Å². The molecule has 0 saturated carbocycles. The predicted molar refractivity (Wildman–Crippen MR) is 92.0 cm³/mol. The van der Waals surface area contributed by atoms with Crippen molar-refractivity contribution in [2.24, 2.45) is 0 Å². The average Bonchev–Trinajstić information content (AvgIpc) is 2.82. The Labute approximate surface area is 146 Å². The maximum Gasteiger partial charge on any atom is 0.331 e. The topological polar surface area (TPSA) is 44.1 Å². The lowest BCUT2D eigenvalue weighted by molar-refractivity contribution is -0.159. The van der Waals surface area contributed by atoms with Crippen molar-refractivity contribution in [3.05, 3.63) is 51.8 Å². The number of ether oxygens (including phenoxy) is 1. The summed E-state index contributed by atoms with van der Waals surface area (Å²) in [5, 5.41) is 5.34. The fourth-order valence-corrected chi connectivity index (χ4v) is 2.64. The molecular formula is C17H20Cl2N2O2. The van der Waals surface area contributed by atoms with Crippen molar-refractivity contribution in [1.29, 1.82) is 0 Å². The Balaban J connectivity index is 2.31. The van der Waals surface area contributed by atoms with E-state index in [9.17, 15) is 4.79 Å². The van der Waals surface area contributed by atoms with Crippen LogP contribution in [0.25, 0.3) is 0 Å². The van der Waals surface area contributed by atoms with E-state index in [-0.39, 0.29) is 5.97 Å². The fourth-order valence-electron chi connectivity index (χ4n) is 2.15. The summed E-state index contributed by atoms with van der Waals surface area (Å²) in [7, 11) is 0. The number of rotatable bonds is 4. The van der Waals surface area contributed by atoms with Gasteiger partial charge in [-0.2, -0.15) is 5.10 Å². The number of carbonyl (C=O) groups excluding carboxylic acids is 1. The molecule has 2 rings (SSSR count). The van der Waals surface area contributed by atoms with Crippen LogP contribution in [0.3, 0.4) is 0 Å². The summed E-state index contributed by atoms with van der Waals surface area (Å²) in [5.74, 6) is -0.341. The van der Waals surface area contributed by atoms with Gasteiger partial charge in [0.25, 0.3) is 0 Å². The summed E-state index contributed by atoms with van der Waals surface area (Å²) in [6.07, 6.45) is 3.91. The van der Waals surface area contributed by atoms with Crippen LogP contribution < -0.4 is 0 Å². The number of carbonyl (C=O) groups is 1. The Morgan fingerprint density at radius 1 is 1.35 bits per heavy atom. The second kappa shape index (κ2) is 6.93. The van der Waals surface area contributed by atoms with E-state index in [4.69, 9.17) is 27.9 Å². The minimum atomic E-state index is -0.582. The largest absolute Gasteiger partial charge is 0.458 e. The highest BCUT2D eigenvalue weighted by atomic mass is 35.5. The van der Waals surface area contributed by atoms with Gasteiger partial charge in [-0.25, -0.2) is 4.79 Å². The van der Waals surface area contributed by atoms with Gasteiger partial charge in [-0.1, -0.05) is 29.3 Å². The van der Waals surface area contributed by atoms with Crippen molar-refractivity contribution in [2.45, 2.75) is 45.8 Å². The van der Waals surface area contributed by atoms with Gasteiger partial charge in [0.05, 0.1) is 6.20 Å². The summed E-state index contributed by atoms with van der Waals surface area (Å²) >= 11 is 12.2. The summed E-state index contributed by atoms with van der Waals surface area (Å²) < 4.78 is 7.15. The molecular weight excluding hydrogens is 335 g/mol. The van der Waals surface area contributed by atoms with Crippen LogP contribution in [0.5, 0.6) is 0 Å². The zero-order chi connectivity index (χ0) is 17.2. The van der Waals surface area contributed by atoms with E-state index in [1.807, 2.05) is 40.0 Å². The van der Waals surface area contributed by atoms with Gasteiger partial charge in [-0.15, -0.1) is 0 Å². The van der Waals surface area contributed by atoms with E-state index >= 15 is 0 Å². The first-order chi connectivity index (χ1) is 10.7. The Morgan fingerprint density at radius 2 is 2.04 bits per heavy atom. The first kappa shape index (κ1) is 17.8. The molecule has 0 amide bonds. The highest BCUT2D eigenvalue weighted by Crippen LogP contribution is 2.26. The highest BCUT2D eigenvalue weighted by molar-refractivity contribution is 6.35. The molecule has 1 aromatic heterocycles. The molecule has 23 heavy (non-hydrogen) atoms. The molecule has 0 bridgehead atoms. The quantitative estimate of drug-likeness (QED) is 0.752. The van der Waals surface area contributed by atoms with Crippen LogP contribution in [-0.4, -0.2) is 21.4 Å². The van der Waals surface area contributed by atoms with Crippen molar-refractivity contribution in [2.75, 3.05) is 0 Å². The van der Waals surface area contributed by atoms with E-state index in [0.29, 0.717) is 16.5 Å². The highest BCUT2D eigenvalue weighted by Gasteiger charge is 2.28. The van der Waals surface area contributed by atoms with Gasteiger partial charge < -0.3 is 4.74 Å². The maximum atomic E-state index is 12.6. The smallest absolute Gasteiger partial charge is 0.331 e. The fraction of sp³-hybridized carbons (Fsp3) is 0.412. The number of benzene rings is 1. The summed E-state index contributed by atoms with van der Waals surface area (Å²) in [4.78, 5) is 12.6. The number of esters is 1. The maximum absolute atomic E-state index is 12.6. The predicted octanol–water partition coefficient (Wildman–Crippen LogP) is 4.62. The van der Waals surface area contributed by atoms with Gasteiger partial charge in [0.15, 0.2) is 6.04 Å². The zero-order valence-electron chi connectivity index (χ0n) is 13.6. The zero-order valence-corrected chi connectivity index (χ0v) is 15.1. The van der Waals surface area contributed by atoms with Crippen LogP contribution in [0, 0.1) is 6.92 Å². The van der Waals surface area contributed by atoms with Crippen molar-refractivity contribution in [3.8, 4) is 0 Å². The summed E-state index contributed by atoms with van der Waals surface area (Å²) in [5.41, 5.74) is 1.22. The number of aromatic nitrogens is 2. The summed E-state index contributed by atoms with van der Waals surface area (Å²) in [6, 6.07) is 4.65. The number of nitrogens with zero attached hydrogens (tertiary/aromatic N) is 2. The van der Waals surface area contributed by atoms with Gasteiger partial charge in [0, 0.05) is 22.7 Å². The number of hydrogen-bond acceptors (Lipinski definition) is 3. The molecule has 0 saturated heterocycles. The van der Waals surface area contributed by atoms with Crippen LogP contribution >= 0.6 is 23.2 Å². The van der Waals surface area contributed by atoms with Crippen LogP contribution in [-0.2, 0) is 16.0 Å². The molecule has 1 heterocycles. The first-order valence-corrected chi connectivity index (χ1v) is 8.09. The van der Waals surface area contributed by atoms with Gasteiger partial charge in [0.2, 0.25) is 0 Å². The molecule has 1 unspecified atom stereocenters. The lowest BCUT2D eigenvalue weighted by Crippen LogP contribution is -2.31. The molecule has 4 nitrogen and oxygen atoms in total. The first-order valence-electron chi connectivity index (χ1n) is 7.33. The van der Waals surface area contributed by atoms with Crippen molar-refractivity contribution in [1.82, 2.24) is 9.78 Å². The van der Waals surface area contributed by atoms with Crippen LogP contribution in [0.2, 0.25) is 10.0 Å². The Kier molecular flexibility index (Phi) is 5.37. The second-order valence-electron chi connectivity index (χ2n) is 6.49. The molecule has 0 radical (unpaired) electrons. The Hall–Kier alpha value is -1.52. The van der Waals surface area contributed by atoms with Crippen LogP contribution in [0.15, 0.2) is 30.6 Å². The van der Waals surface area contributed by atoms with Gasteiger partial charge >= 0.3 is 5.97 Å². The normalized spacial score (nSPS) is 13.0. The molecule has 0 spiro atoms. The number of aryl methyl sites for hydroxylation is 1. The van der Waals surface area contributed by atoms with E-state index < -0.39 is 11.6 Å². The number of hydrogen-bond donors (Lipinski definition) is 0. The Morgan fingerprint density at radius 3 is 2.57 bits per heavy atom. The van der Waals surface area contributed by atoms with Gasteiger partial charge in [-0.05, 0) is 51.0 Å². The molecule has 0 fully saturated rings. The van der Waals surface area contributed by atoms with E-state index in [1.165, 1.54) is 0 Å². The van der Waals surface area contributed by atoms with Crippen LogP contribution in [0.1, 0.15) is 37.9 Å². The van der Waals surface area contributed by atoms with Crippen LogP contribution in [0.4, 0.5) is 0 Å². The second-order valence-corrected chi connectivity index (χ2v) is 7.33. The minimum absolute atomic E-state index is 0.341. The lowest BCUT2D eigenvalue weighted by Gasteiger charge is -2.24. The standard InChI is InChI=1S/C17H20Cl2N2O2/c1-11-9-20-21(10-11)15(16(22)23-17(2,3)4)7-12-5-6-13(18)8-14(12)19/h5-6,8-10,15H,7H2,1-4H3. The number of halogens is 2. The van der Waals surface area contributed by atoms with E-state index in [1.54, 1.807) is 23.0 Å². The molecule has 1 aromatic carbocycles. The summed E-state index contributed by atoms with van der Waals surface area (Å²) in [6.45, 7) is 7.44. The third-order valence-corrected chi connectivity index (χ3v) is 3.74. The molecule has 0 N–H and O–H groups in total. The minimum Gasteiger partial charge on any atom is -0.458 e. The molecule has 0 aliphatic heterocycles. The molecule has 0 aliphatic rings. The Bertz CT molecular complexity index is 705. The van der Waals surface area contributed by atoms with Crippen molar-refractivity contribution < 1.29 is 9.53 Å². The van der Waals surface area contributed by atoms with Crippen molar-refractivity contribution in [3.63, 3.8) is 0 Å². The molecule has 124 valence electrons. The van der Waals surface area contributed by atoms with Gasteiger partial charge in [-0.3, -0.25) is 4.68 Å². The molecule has 1 atom stereocenters. The third kappa shape index (κ3) is 4.98. The SMILES string of the molecule is Cc1cnn(C(Cc2ccc(Cl)cc2Cl)C(=O)OC(C)(C)C)c1. The average molecular weight is 355 g/mol. The molecule has 0 aliphatic carbocycles. The lowest BCUT2D eigenvalue weighted by atomic mass is 10.1. The third-order valence-electron chi connectivity index (χ3n) is 3.16. The van der Waals surface area contributed by atoms with E-state index in [2.05, 4.69) is 5.10 Å². The van der Waals surface area contributed by atoms with E-state index in [0.717, 1.165) is 11.1 Å². The molecule has 6 heteroatoms. The van der Waals surface area contributed by atoms with Crippen molar-refractivity contribution >= 4 is 29.2 Å². The molecule has 2 aromatic rings. The monoisotopic (exact) mass is 354 g/mol.